The summed E-state index contributed by atoms with van der Waals surface area (Å²) in [7, 11) is -3.72. The van der Waals surface area contributed by atoms with Gasteiger partial charge in [0.25, 0.3) is 10.0 Å². The maximum absolute atomic E-state index is 13.2. The zero-order chi connectivity index (χ0) is 21.7. The SMILES string of the molecule is Cc1ccc(NS(=O)(=O)c2ccc(CCC(=O)Nc3ccc(F)c(F)c3)cc2)cc1. The van der Waals surface area contributed by atoms with E-state index in [1.807, 2.05) is 19.1 Å². The number of nitrogens with one attached hydrogen (secondary N) is 2. The summed E-state index contributed by atoms with van der Waals surface area (Å²) in [5.74, 6) is -2.39. The molecule has 0 saturated heterocycles. The molecule has 2 N–H and O–H groups in total. The molecule has 8 heteroatoms. The molecule has 156 valence electrons. The smallest absolute Gasteiger partial charge is 0.261 e. The van der Waals surface area contributed by atoms with Crippen LogP contribution in [0, 0.1) is 18.6 Å². The summed E-state index contributed by atoms with van der Waals surface area (Å²) in [5.41, 5.74) is 2.43. The van der Waals surface area contributed by atoms with E-state index in [-0.39, 0.29) is 22.9 Å². The van der Waals surface area contributed by atoms with Gasteiger partial charge in [0.05, 0.1) is 4.90 Å². The fourth-order valence-corrected chi connectivity index (χ4v) is 3.78. The molecule has 0 aliphatic carbocycles. The van der Waals surface area contributed by atoms with Gasteiger partial charge >= 0.3 is 0 Å². The van der Waals surface area contributed by atoms with Crippen molar-refractivity contribution < 1.29 is 22.0 Å². The van der Waals surface area contributed by atoms with Gasteiger partial charge in [-0.1, -0.05) is 29.8 Å². The summed E-state index contributed by atoms with van der Waals surface area (Å²) >= 11 is 0. The highest BCUT2D eigenvalue weighted by Gasteiger charge is 2.14. The Hall–Kier alpha value is -3.26. The van der Waals surface area contributed by atoms with Crippen LogP contribution in [0.2, 0.25) is 0 Å². The van der Waals surface area contributed by atoms with Crippen LogP contribution in [0.15, 0.2) is 71.6 Å². The molecule has 30 heavy (non-hydrogen) atoms. The van der Waals surface area contributed by atoms with Crippen molar-refractivity contribution in [2.75, 3.05) is 10.0 Å². The molecule has 0 radical (unpaired) electrons. The quantitative estimate of drug-likeness (QED) is 0.573. The molecule has 0 fully saturated rings. The number of aryl methyl sites for hydroxylation is 2. The molecule has 1 amide bonds. The Morgan fingerprint density at radius 1 is 0.867 bits per heavy atom. The van der Waals surface area contributed by atoms with Gasteiger partial charge < -0.3 is 5.32 Å². The molecule has 0 atom stereocenters. The number of hydrogen-bond donors (Lipinski definition) is 2. The third kappa shape index (κ3) is 5.64. The molecule has 3 aromatic rings. The summed E-state index contributed by atoms with van der Waals surface area (Å²) in [5, 5.41) is 2.50. The zero-order valence-corrected chi connectivity index (χ0v) is 17.0. The van der Waals surface area contributed by atoms with E-state index in [1.165, 1.54) is 18.2 Å². The van der Waals surface area contributed by atoms with E-state index in [0.717, 1.165) is 23.3 Å². The highest BCUT2D eigenvalue weighted by molar-refractivity contribution is 7.92. The van der Waals surface area contributed by atoms with Crippen LogP contribution in [0.25, 0.3) is 0 Å². The van der Waals surface area contributed by atoms with Crippen molar-refractivity contribution in [3.05, 3.63) is 89.5 Å². The van der Waals surface area contributed by atoms with Crippen LogP contribution < -0.4 is 10.0 Å². The second kappa shape index (κ2) is 9.04. The monoisotopic (exact) mass is 430 g/mol. The van der Waals surface area contributed by atoms with Gasteiger partial charge in [0.2, 0.25) is 5.91 Å². The molecule has 0 aliphatic rings. The van der Waals surface area contributed by atoms with Crippen molar-refractivity contribution in [2.45, 2.75) is 24.7 Å². The maximum Gasteiger partial charge on any atom is 0.261 e. The average Bonchev–Trinajstić information content (AvgIpc) is 2.71. The fourth-order valence-electron chi connectivity index (χ4n) is 2.73. The molecule has 3 rings (SSSR count). The summed E-state index contributed by atoms with van der Waals surface area (Å²) in [6.45, 7) is 1.91. The van der Waals surface area contributed by atoms with Crippen molar-refractivity contribution >= 4 is 27.3 Å². The van der Waals surface area contributed by atoms with Gasteiger partial charge in [0, 0.05) is 23.9 Å². The Morgan fingerprint density at radius 3 is 2.13 bits per heavy atom. The van der Waals surface area contributed by atoms with E-state index >= 15 is 0 Å². The summed E-state index contributed by atoms with van der Waals surface area (Å²) in [6, 6.07) is 16.3. The third-order valence-electron chi connectivity index (χ3n) is 4.38. The maximum atomic E-state index is 13.2. The number of hydrogen-bond acceptors (Lipinski definition) is 3. The average molecular weight is 430 g/mol. The van der Waals surface area contributed by atoms with Crippen LogP contribution in [0.3, 0.4) is 0 Å². The number of amides is 1. The Kier molecular flexibility index (Phi) is 6.47. The second-order valence-corrected chi connectivity index (χ2v) is 8.47. The lowest BCUT2D eigenvalue weighted by Gasteiger charge is -2.09. The number of sulfonamides is 1. The number of halogens is 2. The van der Waals surface area contributed by atoms with E-state index in [4.69, 9.17) is 0 Å². The molecular formula is C22H20F2N2O3S. The van der Waals surface area contributed by atoms with Gasteiger partial charge in [-0.05, 0) is 55.3 Å². The second-order valence-electron chi connectivity index (χ2n) is 6.79. The number of carbonyl (C=O) groups is 1. The van der Waals surface area contributed by atoms with Crippen molar-refractivity contribution in [3.63, 3.8) is 0 Å². The van der Waals surface area contributed by atoms with Gasteiger partial charge in [0.1, 0.15) is 0 Å². The lowest BCUT2D eigenvalue weighted by Crippen LogP contribution is -2.13. The molecule has 0 aromatic heterocycles. The lowest BCUT2D eigenvalue weighted by molar-refractivity contribution is -0.116. The topological polar surface area (TPSA) is 75.3 Å². The fraction of sp³-hybridized carbons (Fsp3) is 0.136. The predicted molar refractivity (Wildman–Crippen MR) is 112 cm³/mol. The highest BCUT2D eigenvalue weighted by Crippen LogP contribution is 2.18. The van der Waals surface area contributed by atoms with E-state index in [0.29, 0.717) is 12.1 Å². The largest absolute Gasteiger partial charge is 0.326 e. The van der Waals surface area contributed by atoms with E-state index in [1.54, 1.807) is 24.3 Å². The first-order valence-corrected chi connectivity index (χ1v) is 10.6. The molecule has 5 nitrogen and oxygen atoms in total. The minimum absolute atomic E-state index is 0.104. The first-order valence-electron chi connectivity index (χ1n) is 9.16. The first kappa shape index (κ1) is 21.4. The Morgan fingerprint density at radius 2 is 1.50 bits per heavy atom. The normalized spacial score (nSPS) is 11.2. The van der Waals surface area contributed by atoms with Crippen molar-refractivity contribution in [2.24, 2.45) is 0 Å². The molecule has 0 bridgehead atoms. The van der Waals surface area contributed by atoms with Crippen LogP contribution in [-0.2, 0) is 21.2 Å². The minimum atomic E-state index is -3.72. The summed E-state index contributed by atoms with van der Waals surface area (Å²) < 4.78 is 53.6. The number of carbonyl (C=O) groups excluding carboxylic acids is 1. The van der Waals surface area contributed by atoms with Crippen LogP contribution in [0.5, 0.6) is 0 Å². The van der Waals surface area contributed by atoms with Gasteiger partial charge in [-0.2, -0.15) is 0 Å². The van der Waals surface area contributed by atoms with Crippen LogP contribution in [0.1, 0.15) is 17.5 Å². The van der Waals surface area contributed by atoms with Gasteiger partial charge in [-0.25, -0.2) is 17.2 Å². The molecule has 0 unspecified atom stereocenters. The van der Waals surface area contributed by atoms with E-state index < -0.39 is 21.7 Å². The van der Waals surface area contributed by atoms with E-state index in [2.05, 4.69) is 10.0 Å². The molecule has 0 heterocycles. The van der Waals surface area contributed by atoms with Gasteiger partial charge in [-0.3, -0.25) is 9.52 Å². The van der Waals surface area contributed by atoms with Crippen molar-refractivity contribution in [1.29, 1.82) is 0 Å². The number of benzene rings is 3. The standard InChI is InChI=1S/C22H20F2N2O3S/c1-15-2-7-17(8-3-15)26-30(28,29)19-10-4-16(5-11-19)6-13-22(27)25-18-9-12-20(23)21(24)14-18/h2-5,7-12,14,26H,6,13H2,1H3,(H,25,27). The van der Waals surface area contributed by atoms with Crippen LogP contribution >= 0.6 is 0 Å². The van der Waals surface area contributed by atoms with Crippen LogP contribution in [-0.4, -0.2) is 14.3 Å². The lowest BCUT2D eigenvalue weighted by atomic mass is 10.1. The Labute approximate surface area is 173 Å². The first-order chi connectivity index (χ1) is 14.2. The molecule has 3 aromatic carbocycles. The molecule has 0 aliphatic heterocycles. The third-order valence-corrected chi connectivity index (χ3v) is 5.78. The molecule has 0 spiro atoms. The number of rotatable bonds is 7. The van der Waals surface area contributed by atoms with Crippen molar-refractivity contribution in [1.82, 2.24) is 0 Å². The molecular weight excluding hydrogens is 410 g/mol. The molecule has 0 saturated carbocycles. The zero-order valence-electron chi connectivity index (χ0n) is 16.2. The minimum Gasteiger partial charge on any atom is -0.326 e. The Bertz CT molecular complexity index is 1150. The predicted octanol–water partition coefficient (Wildman–Crippen LogP) is 4.65. The van der Waals surface area contributed by atoms with Gasteiger partial charge in [0.15, 0.2) is 11.6 Å². The summed E-state index contributed by atoms with van der Waals surface area (Å²) in [6.07, 6.45) is 0.466. The summed E-state index contributed by atoms with van der Waals surface area (Å²) in [4.78, 5) is 12.1. The van der Waals surface area contributed by atoms with Gasteiger partial charge in [-0.15, -0.1) is 0 Å². The highest BCUT2D eigenvalue weighted by atomic mass is 32.2. The number of anilines is 2. The Balaban J connectivity index is 1.57. The van der Waals surface area contributed by atoms with E-state index in [9.17, 15) is 22.0 Å². The van der Waals surface area contributed by atoms with Crippen LogP contribution in [0.4, 0.5) is 20.2 Å². The van der Waals surface area contributed by atoms with Crippen molar-refractivity contribution in [3.8, 4) is 0 Å².